The van der Waals surface area contributed by atoms with Gasteiger partial charge in [-0.05, 0) is 23.4 Å². The third-order valence-electron chi connectivity index (χ3n) is 1.61. The Kier molecular flexibility index (Phi) is 3.02. The number of hydrogen-bond acceptors (Lipinski definition) is 2. The van der Waals surface area contributed by atoms with Gasteiger partial charge in [0.1, 0.15) is 12.8 Å². The van der Waals surface area contributed by atoms with Gasteiger partial charge in [-0.2, -0.15) is 0 Å². The van der Waals surface area contributed by atoms with E-state index in [2.05, 4.69) is 0 Å². The Bertz CT molecular complexity index is 222. The minimum Gasteiger partial charge on any atom is -0.385 e. The van der Waals surface area contributed by atoms with Crippen LogP contribution in [0.1, 0.15) is 23.5 Å². The molecule has 0 amide bonds. The number of thiophene rings is 1. The van der Waals surface area contributed by atoms with Crippen LogP contribution in [0.15, 0.2) is 11.4 Å². The molecule has 0 radical (unpaired) electrons. The van der Waals surface area contributed by atoms with Crippen molar-refractivity contribution in [3.05, 3.63) is 21.9 Å². The van der Waals surface area contributed by atoms with Gasteiger partial charge in [0, 0.05) is 4.88 Å². The highest BCUT2D eigenvalue weighted by molar-refractivity contribution is 7.10. The molecular formula is C8H11FOS. The van der Waals surface area contributed by atoms with Crippen molar-refractivity contribution in [2.24, 2.45) is 0 Å². The molecule has 3 heteroatoms. The number of alkyl halides is 1. The number of aliphatic hydroxyl groups is 1. The molecule has 1 aromatic heterocycles. The molecule has 0 saturated heterocycles. The predicted octanol–water partition coefficient (Wildman–Crippen LogP) is 2.31. The lowest BCUT2D eigenvalue weighted by Gasteiger charge is -2.04. The van der Waals surface area contributed by atoms with Gasteiger partial charge in [-0.1, -0.05) is 6.92 Å². The van der Waals surface area contributed by atoms with Gasteiger partial charge in [-0.3, -0.25) is 0 Å². The molecule has 0 bridgehead atoms. The first-order valence-corrected chi connectivity index (χ1v) is 4.47. The number of halogens is 1. The molecule has 0 fully saturated rings. The summed E-state index contributed by atoms with van der Waals surface area (Å²) in [6, 6.07) is 1.93. The van der Waals surface area contributed by atoms with Crippen molar-refractivity contribution in [2.75, 3.05) is 6.67 Å². The van der Waals surface area contributed by atoms with Gasteiger partial charge in [0.25, 0.3) is 0 Å². The Labute approximate surface area is 69.5 Å². The van der Waals surface area contributed by atoms with Crippen molar-refractivity contribution in [2.45, 2.75) is 19.4 Å². The van der Waals surface area contributed by atoms with E-state index in [1.54, 1.807) is 0 Å². The zero-order valence-electron chi connectivity index (χ0n) is 6.38. The van der Waals surface area contributed by atoms with Gasteiger partial charge in [0.15, 0.2) is 0 Å². The normalized spacial score (nSPS) is 13.4. The van der Waals surface area contributed by atoms with E-state index in [1.165, 1.54) is 11.3 Å². The van der Waals surface area contributed by atoms with Crippen molar-refractivity contribution in [1.29, 1.82) is 0 Å². The molecule has 0 aromatic carbocycles. The van der Waals surface area contributed by atoms with Gasteiger partial charge in [-0.25, -0.2) is 4.39 Å². The quantitative estimate of drug-likeness (QED) is 0.745. The van der Waals surface area contributed by atoms with Crippen molar-refractivity contribution in [1.82, 2.24) is 0 Å². The number of rotatable bonds is 3. The van der Waals surface area contributed by atoms with E-state index in [-0.39, 0.29) is 0 Å². The van der Waals surface area contributed by atoms with Crippen LogP contribution in [0.5, 0.6) is 0 Å². The SMILES string of the molecule is CCc1ccsc1C(O)CF. The summed E-state index contributed by atoms with van der Waals surface area (Å²) in [6.07, 6.45) is -0.0550. The summed E-state index contributed by atoms with van der Waals surface area (Å²) in [7, 11) is 0. The summed E-state index contributed by atoms with van der Waals surface area (Å²) in [5.74, 6) is 0. The third kappa shape index (κ3) is 1.79. The van der Waals surface area contributed by atoms with E-state index < -0.39 is 12.8 Å². The van der Waals surface area contributed by atoms with Crippen LogP contribution in [-0.4, -0.2) is 11.8 Å². The van der Waals surface area contributed by atoms with Gasteiger partial charge >= 0.3 is 0 Å². The second-order valence-corrected chi connectivity index (χ2v) is 3.28. The Morgan fingerprint density at radius 1 is 1.73 bits per heavy atom. The molecule has 1 atom stereocenters. The largest absolute Gasteiger partial charge is 0.385 e. The van der Waals surface area contributed by atoms with E-state index in [4.69, 9.17) is 5.11 Å². The fourth-order valence-electron chi connectivity index (χ4n) is 1.00. The van der Waals surface area contributed by atoms with Crippen LogP contribution in [0.3, 0.4) is 0 Å². The number of aryl methyl sites for hydroxylation is 1. The maximum absolute atomic E-state index is 12.0. The first kappa shape index (κ1) is 8.68. The van der Waals surface area contributed by atoms with Crippen LogP contribution in [0.25, 0.3) is 0 Å². The van der Waals surface area contributed by atoms with Gasteiger partial charge in [-0.15, -0.1) is 11.3 Å². The molecule has 0 spiro atoms. The molecule has 0 aliphatic heterocycles. The Balaban J connectivity index is 2.83. The number of aliphatic hydroxyl groups excluding tert-OH is 1. The van der Waals surface area contributed by atoms with E-state index in [1.807, 2.05) is 18.4 Å². The molecule has 62 valence electrons. The summed E-state index contributed by atoms with van der Waals surface area (Å²) in [6.45, 7) is 1.31. The second kappa shape index (κ2) is 3.83. The lowest BCUT2D eigenvalue weighted by Crippen LogP contribution is -1.98. The fraction of sp³-hybridized carbons (Fsp3) is 0.500. The van der Waals surface area contributed by atoms with E-state index >= 15 is 0 Å². The molecule has 1 heterocycles. The highest BCUT2D eigenvalue weighted by atomic mass is 32.1. The van der Waals surface area contributed by atoms with Crippen molar-refractivity contribution in [3.8, 4) is 0 Å². The number of hydrogen-bond donors (Lipinski definition) is 1. The summed E-state index contributed by atoms with van der Waals surface area (Å²) >= 11 is 1.42. The Morgan fingerprint density at radius 2 is 2.45 bits per heavy atom. The first-order chi connectivity index (χ1) is 5.29. The second-order valence-electron chi connectivity index (χ2n) is 2.33. The molecule has 11 heavy (non-hydrogen) atoms. The van der Waals surface area contributed by atoms with Crippen molar-refractivity contribution < 1.29 is 9.50 Å². The van der Waals surface area contributed by atoms with E-state index in [0.717, 1.165) is 16.9 Å². The zero-order valence-corrected chi connectivity index (χ0v) is 7.20. The monoisotopic (exact) mass is 174 g/mol. The molecule has 1 N–H and O–H groups in total. The maximum atomic E-state index is 12.0. The van der Waals surface area contributed by atoms with Crippen LogP contribution in [0.2, 0.25) is 0 Å². The summed E-state index contributed by atoms with van der Waals surface area (Å²) in [5.41, 5.74) is 1.06. The summed E-state index contributed by atoms with van der Waals surface area (Å²) in [5, 5.41) is 11.0. The molecule has 0 aliphatic carbocycles. The van der Waals surface area contributed by atoms with Crippen LogP contribution in [0.4, 0.5) is 4.39 Å². The van der Waals surface area contributed by atoms with E-state index in [9.17, 15) is 4.39 Å². The van der Waals surface area contributed by atoms with Crippen LogP contribution in [0, 0.1) is 0 Å². The highest BCUT2D eigenvalue weighted by Crippen LogP contribution is 2.24. The minimum absolute atomic E-state index is 0.687. The smallest absolute Gasteiger partial charge is 0.120 e. The molecule has 1 rings (SSSR count). The van der Waals surface area contributed by atoms with Crippen molar-refractivity contribution >= 4 is 11.3 Å². The molecule has 1 aromatic rings. The zero-order chi connectivity index (χ0) is 8.27. The van der Waals surface area contributed by atoms with Crippen molar-refractivity contribution in [3.63, 3.8) is 0 Å². The lowest BCUT2D eigenvalue weighted by atomic mass is 10.1. The van der Waals surface area contributed by atoms with Gasteiger partial charge in [0.2, 0.25) is 0 Å². The average Bonchev–Trinajstić information content (AvgIpc) is 2.50. The summed E-state index contributed by atoms with van der Waals surface area (Å²) in [4.78, 5) is 0.773. The predicted molar refractivity (Wildman–Crippen MR) is 44.6 cm³/mol. The Hall–Kier alpha value is -0.410. The average molecular weight is 174 g/mol. The molecule has 0 saturated carbocycles. The minimum atomic E-state index is -0.912. The highest BCUT2D eigenvalue weighted by Gasteiger charge is 2.11. The molecule has 1 unspecified atom stereocenters. The van der Waals surface area contributed by atoms with E-state index in [0.29, 0.717) is 0 Å². The summed E-state index contributed by atoms with van der Waals surface area (Å²) < 4.78 is 12.0. The first-order valence-electron chi connectivity index (χ1n) is 3.59. The van der Waals surface area contributed by atoms with Crippen LogP contribution in [-0.2, 0) is 6.42 Å². The Morgan fingerprint density at radius 3 is 3.00 bits per heavy atom. The standard InChI is InChI=1S/C8H11FOS/c1-2-6-3-4-11-8(6)7(10)5-9/h3-4,7,10H,2,5H2,1H3. The molecular weight excluding hydrogens is 163 g/mol. The molecule has 0 aliphatic rings. The topological polar surface area (TPSA) is 20.2 Å². The van der Waals surface area contributed by atoms with Crippen LogP contribution < -0.4 is 0 Å². The third-order valence-corrected chi connectivity index (χ3v) is 2.67. The lowest BCUT2D eigenvalue weighted by molar-refractivity contribution is 0.144. The van der Waals surface area contributed by atoms with Gasteiger partial charge in [0.05, 0.1) is 0 Å². The van der Waals surface area contributed by atoms with Gasteiger partial charge < -0.3 is 5.11 Å². The van der Waals surface area contributed by atoms with Crippen LogP contribution >= 0.6 is 11.3 Å². The molecule has 1 nitrogen and oxygen atoms in total. The maximum Gasteiger partial charge on any atom is 0.120 e. The fourth-order valence-corrected chi connectivity index (χ4v) is 1.96.